The van der Waals surface area contributed by atoms with E-state index in [1.807, 2.05) is 5.32 Å². The summed E-state index contributed by atoms with van der Waals surface area (Å²) in [5, 5.41) is 29.1. The zero-order valence-corrected chi connectivity index (χ0v) is 14.9. The van der Waals surface area contributed by atoms with Gasteiger partial charge < -0.3 is 26.4 Å². The number of anilines is 1. The van der Waals surface area contributed by atoms with Crippen molar-refractivity contribution in [3.63, 3.8) is 0 Å². The molecule has 15 heteroatoms. The van der Waals surface area contributed by atoms with E-state index in [1.54, 1.807) is 5.43 Å². The number of carbonyl (C=O) groups is 4. The van der Waals surface area contributed by atoms with Crippen LogP contribution >= 0.6 is 0 Å². The largest absolute Gasteiger partial charge is 0.479 e. The van der Waals surface area contributed by atoms with E-state index >= 15 is 0 Å². The van der Waals surface area contributed by atoms with Crippen LogP contribution in [0, 0.1) is 0 Å². The molecule has 0 aromatic heterocycles. The summed E-state index contributed by atoms with van der Waals surface area (Å²) < 4.78 is 32.5. The molecule has 0 aliphatic rings. The van der Waals surface area contributed by atoms with E-state index in [4.69, 9.17) is 21.1 Å². The van der Waals surface area contributed by atoms with Gasteiger partial charge in [0.25, 0.3) is 0 Å². The SMILES string of the molecule is C[C@H](N)C(=O)NC(NN(c1cc(C(=O)O)cc(C(=O)O)c1)S(=O)(=O)O)C(=O)O. The van der Waals surface area contributed by atoms with Crippen molar-refractivity contribution in [1.82, 2.24) is 10.7 Å². The van der Waals surface area contributed by atoms with Crippen molar-refractivity contribution < 1.29 is 47.5 Å². The molecule has 0 saturated heterocycles. The maximum absolute atomic E-state index is 11.7. The Hall–Kier alpha value is -3.27. The van der Waals surface area contributed by atoms with Gasteiger partial charge in [0, 0.05) is 0 Å². The number of hydrazine groups is 1. The summed E-state index contributed by atoms with van der Waals surface area (Å²) in [4.78, 5) is 45.2. The summed E-state index contributed by atoms with van der Waals surface area (Å²) in [6, 6.07) is 0.851. The second kappa shape index (κ2) is 8.61. The number of nitrogens with zero attached hydrogens (tertiary/aromatic N) is 1. The van der Waals surface area contributed by atoms with E-state index in [1.165, 1.54) is 6.92 Å². The first-order chi connectivity index (χ1) is 12.7. The Balaban J connectivity index is 3.47. The van der Waals surface area contributed by atoms with Crippen LogP contribution in [0.1, 0.15) is 27.6 Å². The van der Waals surface area contributed by atoms with Crippen molar-refractivity contribution in [1.29, 1.82) is 0 Å². The third-order valence-corrected chi connectivity index (χ3v) is 3.85. The Kier molecular flexibility index (Phi) is 7.00. The quantitative estimate of drug-likeness (QED) is 0.131. The molecule has 28 heavy (non-hydrogen) atoms. The molecule has 0 spiro atoms. The van der Waals surface area contributed by atoms with Crippen molar-refractivity contribution in [3.8, 4) is 0 Å². The molecular formula is C13H16N4O10S. The molecule has 0 fully saturated rings. The van der Waals surface area contributed by atoms with Crippen molar-refractivity contribution >= 4 is 39.8 Å². The molecule has 1 amide bonds. The van der Waals surface area contributed by atoms with E-state index in [0.717, 1.165) is 0 Å². The monoisotopic (exact) mass is 420 g/mol. The maximum atomic E-state index is 11.7. The number of benzene rings is 1. The lowest BCUT2D eigenvalue weighted by Gasteiger charge is -2.26. The molecule has 0 aliphatic heterocycles. The van der Waals surface area contributed by atoms with Crippen LogP contribution in [0.4, 0.5) is 5.69 Å². The predicted octanol–water partition coefficient (Wildman–Crippen LogP) is -1.93. The summed E-state index contributed by atoms with van der Waals surface area (Å²) in [5.74, 6) is -6.05. The van der Waals surface area contributed by atoms with E-state index in [-0.39, 0.29) is 4.41 Å². The number of carbonyl (C=O) groups excluding carboxylic acids is 1. The van der Waals surface area contributed by atoms with Gasteiger partial charge in [0.15, 0.2) is 6.17 Å². The molecule has 0 saturated carbocycles. The number of nitrogens with two attached hydrogens (primary N) is 1. The van der Waals surface area contributed by atoms with Crippen molar-refractivity contribution in [2.75, 3.05) is 4.41 Å². The molecule has 0 bridgehead atoms. The molecule has 8 N–H and O–H groups in total. The summed E-state index contributed by atoms with van der Waals surface area (Å²) >= 11 is 0. The van der Waals surface area contributed by atoms with Gasteiger partial charge in [-0.3, -0.25) is 9.35 Å². The van der Waals surface area contributed by atoms with Crippen LogP contribution < -0.4 is 20.9 Å². The molecule has 0 aliphatic carbocycles. The molecule has 0 radical (unpaired) electrons. The van der Waals surface area contributed by atoms with Gasteiger partial charge in [-0.05, 0) is 25.1 Å². The lowest BCUT2D eigenvalue weighted by atomic mass is 10.1. The zero-order chi connectivity index (χ0) is 21.8. The number of amides is 1. The van der Waals surface area contributed by atoms with Gasteiger partial charge in [-0.25, -0.2) is 14.4 Å². The highest BCUT2D eigenvalue weighted by atomic mass is 32.2. The van der Waals surface area contributed by atoms with Crippen molar-refractivity contribution in [3.05, 3.63) is 29.3 Å². The van der Waals surface area contributed by atoms with Gasteiger partial charge in [0.05, 0.1) is 22.9 Å². The van der Waals surface area contributed by atoms with E-state index in [2.05, 4.69) is 0 Å². The summed E-state index contributed by atoms with van der Waals surface area (Å²) in [6.07, 6.45) is -2.14. The number of nitrogens with one attached hydrogen (secondary N) is 2. The van der Waals surface area contributed by atoms with Gasteiger partial charge in [0.2, 0.25) is 5.91 Å². The normalized spacial score (nSPS) is 13.2. The second-order valence-corrected chi connectivity index (χ2v) is 6.58. The number of rotatable bonds is 9. The Labute approximate surface area is 157 Å². The van der Waals surface area contributed by atoms with Crippen LogP contribution in [0.3, 0.4) is 0 Å². The minimum absolute atomic E-state index is 0.202. The average molecular weight is 420 g/mol. The maximum Gasteiger partial charge on any atom is 0.373 e. The van der Waals surface area contributed by atoms with Gasteiger partial charge in [-0.15, -0.1) is 0 Å². The molecule has 1 aromatic rings. The lowest BCUT2D eigenvalue weighted by Crippen LogP contribution is -2.60. The van der Waals surface area contributed by atoms with Crippen molar-refractivity contribution in [2.45, 2.75) is 19.1 Å². The van der Waals surface area contributed by atoms with E-state index < -0.39 is 63.1 Å². The second-order valence-electron chi connectivity index (χ2n) is 5.32. The fraction of sp³-hybridized carbons (Fsp3) is 0.231. The van der Waals surface area contributed by atoms with Crippen LogP contribution in [-0.4, -0.2) is 64.3 Å². The van der Waals surface area contributed by atoms with Crippen LogP contribution in [0.5, 0.6) is 0 Å². The third-order valence-electron chi connectivity index (χ3n) is 3.07. The molecule has 154 valence electrons. The number of aliphatic carboxylic acids is 1. The highest BCUT2D eigenvalue weighted by molar-refractivity contribution is 7.87. The molecule has 2 atom stereocenters. The average Bonchev–Trinajstić information content (AvgIpc) is 2.56. The minimum Gasteiger partial charge on any atom is -0.479 e. The van der Waals surface area contributed by atoms with Crippen LogP contribution in [0.2, 0.25) is 0 Å². The van der Waals surface area contributed by atoms with Gasteiger partial charge in [0.1, 0.15) is 0 Å². The Morgan fingerprint density at radius 3 is 1.82 bits per heavy atom. The number of hydrogen-bond donors (Lipinski definition) is 7. The number of carboxylic acid groups (broad SMARTS) is 3. The Morgan fingerprint density at radius 1 is 1.04 bits per heavy atom. The Morgan fingerprint density at radius 2 is 1.50 bits per heavy atom. The van der Waals surface area contributed by atoms with Crippen LogP contribution in [0.15, 0.2) is 18.2 Å². The van der Waals surface area contributed by atoms with Gasteiger partial charge in [-0.2, -0.15) is 18.3 Å². The first-order valence-electron chi connectivity index (χ1n) is 7.18. The Bertz CT molecular complexity index is 882. The zero-order valence-electron chi connectivity index (χ0n) is 14.1. The smallest absolute Gasteiger partial charge is 0.373 e. The summed E-state index contributed by atoms with van der Waals surface area (Å²) in [7, 11) is -5.30. The minimum atomic E-state index is -5.30. The van der Waals surface area contributed by atoms with Crippen molar-refractivity contribution in [2.24, 2.45) is 5.73 Å². The molecule has 0 heterocycles. The molecule has 1 rings (SSSR count). The van der Waals surface area contributed by atoms with Crippen LogP contribution in [0.25, 0.3) is 0 Å². The van der Waals surface area contributed by atoms with E-state index in [9.17, 15) is 32.1 Å². The van der Waals surface area contributed by atoms with Gasteiger partial charge >= 0.3 is 28.2 Å². The number of aromatic carboxylic acids is 2. The van der Waals surface area contributed by atoms with Crippen LogP contribution in [-0.2, 0) is 19.9 Å². The first-order valence-corrected chi connectivity index (χ1v) is 8.58. The third kappa shape index (κ3) is 5.88. The van der Waals surface area contributed by atoms with E-state index in [0.29, 0.717) is 18.2 Å². The predicted molar refractivity (Wildman–Crippen MR) is 90.7 cm³/mol. The molecule has 1 aromatic carbocycles. The standard InChI is InChI=1S/C13H16N4O10S/c1-5(14)10(18)15-9(13(23)24)16-17(28(25,26)27)8-3-6(11(19)20)2-7(4-8)12(21)22/h2-5,9,16H,14H2,1H3,(H,15,18)(H,19,20)(H,21,22)(H,23,24)(H,25,26,27)/t5-,9?/m0/s1. The summed E-state index contributed by atoms with van der Waals surface area (Å²) in [5.41, 5.74) is 4.94. The topological polar surface area (TPSA) is 237 Å². The molecule has 1 unspecified atom stereocenters. The number of hydrogen-bond acceptors (Lipinski definition) is 8. The first kappa shape index (κ1) is 22.8. The lowest BCUT2D eigenvalue weighted by molar-refractivity contribution is -0.142. The highest BCUT2D eigenvalue weighted by Crippen LogP contribution is 2.21. The van der Waals surface area contributed by atoms with Gasteiger partial charge in [-0.1, -0.05) is 0 Å². The number of carboxylic acids is 3. The molecular weight excluding hydrogens is 404 g/mol. The summed E-state index contributed by atoms with van der Waals surface area (Å²) in [6.45, 7) is 1.21. The fourth-order valence-corrected chi connectivity index (χ4v) is 2.40. The molecule has 14 nitrogen and oxygen atoms in total. The highest BCUT2D eigenvalue weighted by Gasteiger charge is 2.30. The fourth-order valence-electron chi connectivity index (χ4n) is 1.79.